The largest absolute Gasteiger partial charge is 0.618 e. The molecular weight excluding hydrogens is 628 g/mol. The average Bonchev–Trinajstić information content (AvgIpc) is 3.60. The lowest BCUT2D eigenvalue weighted by Crippen LogP contribution is -2.51. The molecule has 2 aromatic heterocycles. The van der Waals surface area contributed by atoms with Gasteiger partial charge in [0.1, 0.15) is 11.4 Å². The number of para-hydroxylation sites is 2. The number of hydrogen-bond donors (Lipinski definition) is 0. The van der Waals surface area contributed by atoms with E-state index in [9.17, 15) is 9.59 Å². The third kappa shape index (κ3) is 5.26. The van der Waals surface area contributed by atoms with Gasteiger partial charge in [0.25, 0.3) is 11.8 Å². The van der Waals surface area contributed by atoms with Crippen LogP contribution in [0.15, 0.2) is 130 Å². The smallest absolute Gasteiger partial charge is 0.365 e. The number of carbonyl (C=O) groups is 2. The summed E-state index contributed by atoms with van der Waals surface area (Å²) in [5.41, 5.74) is 2.57. The molecule has 14 heteroatoms. The van der Waals surface area contributed by atoms with E-state index < -0.39 is 18.1 Å². The molecule has 0 saturated heterocycles. The number of carbonyl (C=O) groups excluding carboxylic acids is 2. The van der Waals surface area contributed by atoms with Crippen LogP contribution in [0.2, 0.25) is 0 Å². The summed E-state index contributed by atoms with van der Waals surface area (Å²) in [4.78, 5) is 28.2. The Hall–Kier alpha value is -6.96. The van der Waals surface area contributed by atoms with Crippen LogP contribution in [-0.4, -0.2) is 37.7 Å². The quantitative estimate of drug-likeness (QED) is 0.171. The first kappa shape index (κ1) is 29.4. The maximum atomic E-state index is 14.1. The van der Waals surface area contributed by atoms with Gasteiger partial charge in [0.2, 0.25) is 0 Å². The van der Waals surface area contributed by atoms with Crippen molar-refractivity contribution in [3.8, 4) is 23.1 Å². The van der Waals surface area contributed by atoms with Crippen molar-refractivity contribution in [2.75, 3.05) is 0 Å². The number of aromatic nitrogens is 4. The fraction of sp³-hybridized carbons (Fsp3) is 0.0857. The lowest BCUT2D eigenvalue weighted by Gasteiger charge is -2.31. The molecule has 2 aliphatic heterocycles. The number of hydrogen-bond acceptors (Lipinski definition) is 12. The molecule has 8 rings (SSSR count). The van der Waals surface area contributed by atoms with Crippen LogP contribution in [0.1, 0.15) is 32.1 Å². The highest BCUT2D eigenvalue weighted by Crippen LogP contribution is 2.44. The van der Waals surface area contributed by atoms with Crippen LogP contribution < -0.4 is 9.47 Å². The van der Waals surface area contributed by atoms with Crippen LogP contribution in [0.5, 0.6) is 11.8 Å². The molecule has 240 valence electrons. The van der Waals surface area contributed by atoms with E-state index in [-0.39, 0.29) is 45.6 Å². The maximum absolute atomic E-state index is 14.1. The summed E-state index contributed by atoms with van der Waals surface area (Å²) in [7, 11) is 0. The number of rotatable bonds is 2. The van der Waals surface area contributed by atoms with Crippen LogP contribution in [0.25, 0.3) is 11.4 Å². The molecule has 0 aliphatic carbocycles. The van der Waals surface area contributed by atoms with E-state index in [0.717, 1.165) is 0 Å². The summed E-state index contributed by atoms with van der Waals surface area (Å²) in [6.07, 6.45) is -2.96. The van der Waals surface area contributed by atoms with Gasteiger partial charge in [-0.25, -0.2) is 9.59 Å². The highest BCUT2D eigenvalue weighted by Gasteiger charge is 2.52. The topological polar surface area (TPSA) is 156 Å². The number of aryl methyl sites for hydroxylation is 2. The van der Waals surface area contributed by atoms with Crippen molar-refractivity contribution in [2.24, 2.45) is 20.5 Å². The molecular formula is C35H24N8O6. The fourth-order valence-electron chi connectivity index (χ4n) is 5.27. The van der Waals surface area contributed by atoms with Crippen molar-refractivity contribution in [3.05, 3.63) is 132 Å². The lowest BCUT2D eigenvalue weighted by molar-refractivity contribution is -0.393. The minimum atomic E-state index is -2.96. The lowest BCUT2D eigenvalue weighted by atomic mass is 10.2. The van der Waals surface area contributed by atoms with Crippen molar-refractivity contribution < 1.29 is 28.5 Å². The predicted molar refractivity (Wildman–Crippen MR) is 173 cm³/mol. The number of fused-ring (bicyclic) bond motifs is 4. The zero-order chi connectivity index (χ0) is 33.5. The Kier molecular flexibility index (Phi) is 7.02. The number of azo groups is 2. The normalized spacial score (nSPS) is 16.6. The van der Waals surface area contributed by atoms with Crippen LogP contribution in [0.3, 0.4) is 0 Å². The van der Waals surface area contributed by atoms with E-state index in [1.165, 1.54) is 21.5 Å². The second-order valence-electron chi connectivity index (χ2n) is 10.9. The average molecular weight is 653 g/mol. The Morgan fingerprint density at radius 3 is 1.31 bits per heavy atom. The SMILES string of the molecule is Cc1nn(-c2ccccc2)c2c1N=Nc1ccccc1C(=O)OC1(OC(=O)c3ccccc3N=Nc3c(C)nn(-c4ccccc4)c3O1)O2. The molecule has 6 aromatic rings. The minimum absolute atomic E-state index is 0.00409. The van der Waals surface area contributed by atoms with E-state index >= 15 is 0 Å². The summed E-state index contributed by atoms with van der Waals surface area (Å²) < 4.78 is 27.9. The van der Waals surface area contributed by atoms with Gasteiger partial charge in [0, 0.05) is 0 Å². The van der Waals surface area contributed by atoms with E-state index in [2.05, 4.69) is 30.7 Å². The molecule has 0 saturated carbocycles. The molecule has 1 spiro atoms. The Balaban J connectivity index is 1.43. The van der Waals surface area contributed by atoms with E-state index in [1.807, 2.05) is 36.4 Å². The number of nitrogens with zero attached hydrogens (tertiary/aromatic N) is 8. The number of ether oxygens (including phenoxy) is 4. The monoisotopic (exact) mass is 652 g/mol. The molecule has 4 heterocycles. The number of esters is 2. The summed E-state index contributed by atoms with van der Waals surface area (Å²) in [5, 5.41) is 26.9. The van der Waals surface area contributed by atoms with Gasteiger partial charge in [-0.05, 0) is 62.4 Å². The second kappa shape index (κ2) is 11.7. The molecule has 0 amide bonds. The predicted octanol–water partition coefficient (Wildman–Crippen LogP) is 7.92. The van der Waals surface area contributed by atoms with E-state index in [0.29, 0.717) is 22.8 Å². The molecule has 49 heavy (non-hydrogen) atoms. The van der Waals surface area contributed by atoms with Crippen molar-refractivity contribution in [2.45, 2.75) is 20.0 Å². The van der Waals surface area contributed by atoms with Crippen LogP contribution in [-0.2, 0) is 9.47 Å². The highest BCUT2D eigenvalue weighted by molar-refractivity contribution is 5.96. The summed E-state index contributed by atoms with van der Waals surface area (Å²) in [6, 6.07) is 30.8. The van der Waals surface area contributed by atoms with Crippen molar-refractivity contribution in [1.82, 2.24) is 19.6 Å². The Morgan fingerprint density at radius 2 is 0.878 bits per heavy atom. The third-order valence-corrected chi connectivity index (χ3v) is 7.62. The first-order valence-corrected chi connectivity index (χ1v) is 15.1. The summed E-state index contributed by atoms with van der Waals surface area (Å²) in [5.74, 6) is -2.21. The van der Waals surface area contributed by atoms with Gasteiger partial charge in [0.05, 0.1) is 33.9 Å². The highest BCUT2D eigenvalue weighted by atomic mass is 17.0. The Bertz CT molecular complexity index is 2150. The van der Waals surface area contributed by atoms with Gasteiger partial charge in [-0.3, -0.25) is 0 Å². The second-order valence-corrected chi connectivity index (χ2v) is 10.9. The standard InChI is InChI=1S/C35H24N8O6/c1-21-29-31(42(40-21)23-13-5-3-6-14-23)46-35(48-33(44)25-17-9-11-19-27(25)36-38-29)47-32-30(22(2)41-43(32)24-15-7-4-8-16-24)39-37-28-20-12-10-18-26(28)34(45)49-35/h3-20H,1-2H3. The molecule has 4 aromatic carbocycles. The Labute approximate surface area is 277 Å². The Morgan fingerprint density at radius 1 is 0.490 bits per heavy atom. The minimum Gasteiger partial charge on any atom is -0.365 e. The zero-order valence-electron chi connectivity index (χ0n) is 25.9. The molecule has 0 radical (unpaired) electrons. The van der Waals surface area contributed by atoms with Gasteiger partial charge < -0.3 is 18.9 Å². The van der Waals surface area contributed by atoms with Crippen molar-refractivity contribution in [3.63, 3.8) is 0 Å². The molecule has 0 unspecified atom stereocenters. The van der Waals surface area contributed by atoms with Crippen molar-refractivity contribution >= 4 is 34.7 Å². The first-order chi connectivity index (χ1) is 23.9. The van der Waals surface area contributed by atoms with E-state index in [4.69, 9.17) is 18.9 Å². The van der Waals surface area contributed by atoms with Crippen LogP contribution >= 0.6 is 0 Å². The van der Waals surface area contributed by atoms with Gasteiger partial charge >= 0.3 is 18.1 Å². The zero-order valence-corrected chi connectivity index (χ0v) is 25.9. The van der Waals surface area contributed by atoms with Crippen LogP contribution in [0, 0.1) is 13.8 Å². The summed E-state index contributed by atoms with van der Waals surface area (Å²) >= 11 is 0. The number of benzene rings is 4. The molecule has 0 bridgehead atoms. The molecule has 0 atom stereocenters. The van der Waals surface area contributed by atoms with Gasteiger partial charge in [-0.15, -0.1) is 20.5 Å². The van der Waals surface area contributed by atoms with Gasteiger partial charge in [-0.2, -0.15) is 19.6 Å². The van der Waals surface area contributed by atoms with Gasteiger partial charge in [0.15, 0.2) is 11.4 Å². The fourth-order valence-corrected chi connectivity index (χ4v) is 5.27. The van der Waals surface area contributed by atoms with Crippen molar-refractivity contribution in [1.29, 1.82) is 0 Å². The molecule has 0 fully saturated rings. The van der Waals surface area contributed by atoms with E-state index in [1.54, 1.807) is 74.5 Å². The molecule has 2 aliphatic rings. The summed E-state index contributed by atoms with van der Waals surface area (Å²) in [6.45, 7) is 3.42. The van der Waals surface area contributed by atoms with Gasteiger partial charge in [-0.1, -0.05) is 60.7 Å². The maximum Gasteiger partial charge on any atom is 0.618 e. The first-order valence-electron chi connectivity index (χ1n) is 15.1. The third-order valence-electron chi connectivity index (χ3n) is 7.62. The molecule has 14 nitrogen and oxygen atoms in total. The molecule has 0 N–H and O–H groups in total. The van der Waals surface area contributed by atoms with Crippen LogP contribution in [0.4, 0.5) is 22.7 Å².